The summed E-state index contributed by atoms with van der Waals surface area (Å²) in [5.41, 5.74) is 0.469. The Morgan fingerprint density at radius 1 is 1.15 bits per heavy atom. The number of methoxy groups -OCH3 is 2. The number of nitrogens with zero attached hydrogens (tertiary/aromatic N) is 1. The van der Waals surface area contributed by atoms with Gasteiger partial charge < -0.3 is 14.8 Å². The van der Waals surface area contributed by atoms with Crippen molar-refractivity contribution in [3.8, 4) is 11.5 Å². The molecule has 9 heteroatoms. The van der Waals surface area contributed by atoms with Gasteiger partial charge in [-0.3, -0.25) is 4.79 Å². The molecule has 0 aliphatic rings. The Morgan fingerprint density at radius 3 is 2.52 bits per heavy atom. The van der Waals surface area contributed by atoms with Crippen molar-refractivity contribution in [1.82, 2.24) is 4.31 Å². The number of carbonyl (C=O) groups is 1. The Labute approximate surface area is 157 Å². The quantitative estimate of drug-likeness (QED) is 0.741. The van der Waals surface area contributed by atoms with Crippen LogP contribution in [0.1, 0.15) is 6.92 Å². The van der Waals surface area contributed by atoms with Crippen LogP contribution >= 0.6 is 0 Å². The van der Waals surface area contributed by atoms with Crippen molar-refractivity contribution in [3.05, 3.63) is 48.3 Å². The summed E-state index contributed by atoms with van der Waals surface area (Å²) < 4.78 is 50.3. The third-order valence-corrected chi connectivity index (χ3v) is 5.71. The molecule has 1 N–H and O–H groups in total. The first-order valence-electron chi connectivity index (χ1n) is 8.09. The Balaban J connectivity index is 2.22. The molecule has 0 aromatic heterocycles. The largest absolute Gasteiger partial charge is 0.497 e. The zero-order valence-electron chi connectivity index (χ0n) is 15.2. The van der Waals surface area contributed by atoms with E-state index in [-0.39, 0.29) is 17.2 Å². The second-order valence-corrected chi connectivity index (χ2v) is 7.41. The van der Waals surface area contributed by atoms with Gasteiger partial charge in [-0.15, -0.1) is 0 Å². The molecule has 0 bridgehead atoms. The van der Waals surface area contributed by atoms with Crippen LogP contribution in [0.3, 0.4) is 0 Å². The van der Waals surface area contributed by atoms with Crippen molar-refractivity contribution in [1.29, 1.82) is 0 Å². The molecule has 0 atom stereocenters. The second kappa shape index (κ2) is 8.83. The van der Waals surface area contributed by atoms with E-state index in [0.717, 1.165) is 16.4 Å². The third-order valence-electron chi connectivity index (χ3n) is 3.77. The highest BCUT2D eigenvalue weighted by Gasteiger charge is 2.29. The summed E-state index contributed by atoms with van der Waals surface area (Å²) in [6.07, 6.45) is 0. The van der Waals surface area contributed by atoms with Gasteiger partial charge in [0.1, 0.15) is 22.2 Å². The number of carbonyl (C=O) groups excluding carboxylic acids is 1. The van der Waals surface area contributed by atoms with Gasteiger partial charge in [-0.1, -0.05) is 13.0 Å². The maximum atomic E-state index is 13.6. The monoisotopic (exact) mass is 396 g/mol. The molecule has 2 aromatic rings. The summed E-state index contributed by atoms with van der Waals surface area (Å²) in [5.74, 6) is -0.698. The second-order valence-electron chi connectivity index (χ2n) is 5.51. The van der Waals surface area contributed by atoms with Crippen molar-refractivity contribution >= 4 is 21.6 Å². The van der Waals surface area contributed by atoms with Crippen LogP contribution in [0.25, 0.3) is 0 Å². The predicted molar refractivity (Wildman–Crippen MR) is 99.0 cm³/mol. The van der Waals surface area contributed by atoms with E-state index in [1.165, 1.54) is 20.3 Å². The predicted octanol–water partition coefficient (Wildman–Crippen LogP) is 2.49. The van der Waals surface area contributed by atoms with Gasteiger partial charge >= 0.3 is 0 Å². The molecule has 0 saturated heterocycles. The summed E-state index contributed by atoms with van der Waals surface area (Å²) in [6, 6.07) is 9.88. The van der Waals surface area contributed by atoms with E-state index in [0.29, 0.717) is 11.4 Å². The summed E-state index contributed by atoms with van der Waals surface area (Å²) in [7, 11) is -1.35. The maximum Gasteiger partial charge on any atom is 0.247 e. The van der Waals surface area contributed by atoms with E-state index in [1.54, 1.807) is 31.2 Å². The molecule has 0 aliphatic carbocycles. The fraction of sp³-hybridized carbons (Fsp3) is 0.278. The SMILES string of the molecule is CCN(CC(=O)Nc1cccc(OC)c1)S(=O)(=O)c1cc(F)ccc1OC. The topological polar surface area (TPSA) is 84.9 Å². The van der Waals surface area contributed by atoms with Gasteiger partial charge in [-0.2, -0.15) is 4.31 Å². The van der Waals surface area contributed by atoms with Crippen LogP contribution < -0.4 is 14.8 Å². The van der Waals surface area contributed by atoms with Crippen molar-refractivity contribution in [2.24, 2.45) is 0 Å². The smallest absolute Gasteiger partial charge is 0.247 e. The van der Waals surface area contributed by atoms with Gasteiger partial charge in [-0.25, -0.2) is 12.8 Å². The molecule has 146 valence electrons. The zero-order chi connectivity index (χ0) is 20.0. The lowest BCUT2D eigenvalue weighted by Crippen LogP contribution is -2.38. The molecule has 2 rings (SSSR count). The number of hydrogen-bond donors (Lipinski definition) is 1. The minimum absolute atomic E-state index is 0.00283. The van der Waals surface area contributed by atoms with E-state index in [2.05, 4.69) is 5.32 Å². The molecule has 0 unspecified atom stereocenters. The average molecular weight is 396 g/mol. The van der Waals surface area contributed by atoms with Gasteiger partial charge in [0.2, 0.25) is 15.9 Å². The molecule has 0 aliphatic heterocycles. The number of benzene rings is 2. The molecule has 0 fully saturated rings. The summed E-state index contributed by atoms with van der Waals surface area (Å²) in [6.45, 7) is 1.17. The van der Waals surface area contributed by atoms with E-state index < -0.39 is 28.3 Å². The lowest BCUT2D eigenvalue weighted by atomic mass is 10.3. The minimum atomic E-state index is -4.13. The Hall–Kier alpha value is -2.65. The van der Waals surface area contributed by atoms with Crippen LogP contribution in [0.15, 0.2) is 47.4 Å². The molecule has 2 aromatic carbocycles. The van der Waals surface area contributed by atoms with Crippen LogP contribution in [-0.4, -0.2) is 45.9 Å². The number of nitrogens with one attached hydrogen (secondary N) is 1. The first kappa shape index (κ1) is 20.7. The average Bonchev–Trinajstić information content (AvgIpc) is 2.66. The lowest BCUT2D eigenvalue weighted by molar-refractivity contribution is -0.116. The zero-order valence-corrected chi connectivity index (χ0v) is 16.0. The number of amides is 1. The Kier molecular flexibility index (Phi) is 6.75. The van der Waals surface area contributed by atoms with Gasteiger partial charge in [-0.05, 0) is 30.3 Å². The maximum absolute atomic E-state index is 13.6. The van der Waals surface area contributed by atoms with Gasteiger partial charge in [0.25, 0.3) is 0 Å². The fourth-order valence-electron chi connectivity index (χ4n) is 2.42. The highest BCUT2D eigenvalue weighted by atomic mass is 32.2. The minimum Gasteiger partial charge on any atom is -0.497 e. The highest BCUT2D eigenvalue weighted by Crippen LogP contribution is 2.27. The third kappa shape index (κ3) is 4.95. The van der Waals surface area contributed by atoms with Crippen molar-refractivity contribution < 1.29 is 27.1 Å². The van der Waals surface area contributed by atoms with Crippen LogP contribution in [0.5, 0.6) is 11.5 Å². The van der Waals surface area contributed by atoms with Gasteiger partial charge in [0.15, 0.2) is 0 Å². The van der Waals surface area contributed by atoms with Crippen LogP contribution in [0.2, 0.25) is 0 Å². The standard InChI is InChI=1S/C18H21FN2O5S/c1-4-21(12-18(22)20-14-6-5-7-15(11-14)25-2)27(23,24)17-10-13(19)8-9-16(17)26-3/h5-11H,4,12H2,1-3H3,(H,20,22). The molecule has 0 radical (unpaired) electrons. The summed E-state index contributed by atoms with van der Waals surface area (Å²) in [4.78, 5) is 12.0. The van der Waals surface area contributed by atoms with E-state index >= 15 is 0 Å². The summed E-state index contributed by atoms with van der Waals surface area (Å²) in [5, 5.41) is 2.61. The molecule has 0 saturated carbocycles. The van der Waals surface area contributed by atoms with Crippen LogP contribution in [0.4, 0.5) is 10.1 Å². The van der Waals surface area contributed by atoms with Crippen molar-refractivity contribution in [3.63, 3.8) is 0 Å². The van der Waals surface area contributed by atoms with Crippen LogP contribution in [-0.2, 0) is 14.8 Å². The van der Waals surface area contributed by atoms with E-state index in [9.17, 15) is 17.6 Å². The first-order chi connectivity index (χ1) is 12.8. The number of sulfonamides is 1. The molecule has 27 heavy (non-hydrogen) atoms. The van der Waals surface area contributed by atoms with Crippen LogP contribution in [0, 0.1) is 5.82 Å². The normalized spacial score (nSPS) is 11.3. The molecular weight excluding hydrogens is 375 g/mol. The number of anilines is 1. The summed E-state index contributed by atoms with van der Waals surface area (Å²) >= 11 is 0. The molecule has 1 amide bonds. The van der Waals surface area contributed by atoms with Crippen molar-refractivity contribution in [2.75, 3.05) is 32.6 Å². The molecule has 0 spiro atoms. The Bertz CT molecular complexity index is 918. The fourth-order valence-corrected chi connectivity index (χ4v) is 3.99. The van der Waals surface area contributed by atoms with E-state index in [4.69, 9.17) is 9.47 Å². The first-order valence-corrected chi connectivity index (χ1v) is 9.53. The van der Waals surface area contributed by atoms with E-state index in [1.807, 2.05) is 0 Å². The Morgan fingerprint density at radius 2 is 1.89 bits per heavy atom. The molecule has 7 nitrogen and oxygen atoms in total. The number of rotatable bonds is 8. The highest BCUT2D eigenvalue weighted by molar-refractivity contribution is 7.89. The van der Waals surface area contributed by atoms with Crippen molar-refractivity contribution in [2.45, 2.75) is 11.8 Å². The number of hydrogen-bond acceptors (Lipinski definition) is 5. The lowest BCUT2D eigenvalue weighted by Gasteiger charge is -2.21. The number of halogens is 1. The van der Waals surface area contributed by atoms with Gasteiger partial charge in [0.05, 0.1) is 20.8 Å². The molecular formula is C18H21FN2O5S. The number of ether oxygens (including phenoxy) is 2. The van der Waals surface area contributed by atoms with Gasteiger partial charge in [0, 0.05) is 18.3 Å². The number of likely N-dealkylation sites (N-methyl/N-ethyl adjacent to an activating group) is 1. The molecule has 0 heterocycles.